The second kappa shape index (κ2) is 9.25. The SMILES string of the molecule is O=C1CC2=C/C(=C/c3ccc(Oc4ccc(CC5COCC(=O)N5)cc4)c(Cl)c3)CC=C2N1. The first kappa shape index (κ1) is 21.5. The lowest BCUT2D eigenvalue weighted by Crippen LogP contribution is -2.46. The average molecular weight is 463 g/mol. The van der Waals surface area contributed by atoms with Gasteiger partial charge in [-0.05, 0) is 59.4 Å². The van der Waals surface area contributed by atoms with E-state index >= 15 is 0 Å². The second-order valence-electron chi connectivity index (χ2n) is 8.36. The highest BCUT2D eigenvalue weighted by Crippen LogP contribution is 2.33. The molecule has 2 heterocycles. The molecule has 2 saturated heterocycles. The molecule has 0 saturated carbocycles. The van der Waals surface area contributed by atoms with Crippen LogP contribution in [-0.4, -0.2) is 31.1 Å². The van der Waals surface area contributed by atoms with Crippen LogP contribution >= 0.6 is 11.6 Å². The predicted molar refractivity (Wildman–Crippen MR) is 126 cm³/mol. The lowest BCUT2D eigenvalue weighted by atomic mass is 9.97. The molecular formula is C26H23ClN2O4. The van der Waals surface area contributed by atoms with E-state index in [1.807, 2.05) is 48.5 Å². The predicted octanol–water partition coefficient (Wildman–Crippen LogP) is 4.31. The van der Waals surface area contributed by atoms with Crippen LogP contribution in [0.25, 0.3) is 6.08 Å². The third kappa shape index (κ3) is 5.18. The van der Waals surface area contributed by atoms with Crippen LogP contribution < -0.4 is 15.4 Å². The normalized spacial score (nSPS) is 21.1. The quantitative estimate of drug-likeness (QED) is 0.694. The first-order chi connectivity index (χ1) is 16.0. The minimum Gasteiger partial charge on any atom is -0.456 e. The molecule has 0 radical (unpaired) electrons. The highest BCUT2D eigenvalue weighted by molar-refractivity contribution is 6.32. The van der Waals surface area contributed by atoms with Gasteiger partial charge in [0, 0.05) is 5.70 Å². The van der Waals surface area contributed by atoms with Crippen LogP contribution in [0.2, 0.25) is 5.02 Å². The van der Waals surface area contributed by atoms with Crippen LogP contribution in [0.3, 0.4) is 0 Å². The first-order valence-corrected chi connectivity index (χ1v) is 11.2. The Hall–Kier alpha value is -3.35. The van der Waals surface area contributed by atoms with E-state index in [4.69, 9.17) is 21.1 Å². The number of benzene rings is 2. The third-order valence-corrected chi connectivity index (χ3v) is 6.03. The van der Waals surface area contributed by atoms with Crippen molar-refractivity contribution in [3.05, 3.63) is 87.6 Å². The molecule has 5 rings (SSSR count). The van der Waals surface area contributed by atoms with Crippen molar-refractivity contribution in [3.63, 3.8) is 0 Å². The Morgan fingerprint density at radius 2 is 1.97 bits per heavy atom. The number of hydrogen-bond acceptors (Lipinski definition) is 4. The first-order valence-electron chi connectivity index (χ1n) is 10.9. The second-order valence-corrected chi connectivity index (χ2v) is 8.76. The monoisotopic (exact) mass is 462 g/mol. The Kier molecular flexibility index (Phi) is 6.03. The van der Waals surface area contributed by atoms with Crippen LogP contribution in [-0.2, 0) is 20.7 Å². The lowest BCUT2D eigenvalue weighted by molar-refractivity contribution is -0.131. The highest BCUT2D eigenvalue weighted by atomic mass is 35.5. The van der Waals surface area contributed by atoms with Gasteiger partial charge in [0.05, 0.1) is 24.1 Å². The summed E-state index contributed by atoms with van der Waals surface area (Å²) in [6.45, 7) is 0.653. The molecule has 2 aliphatic heterocycles. The minimum atomic E-state index is -0.0769. The van der Waals surface area contributed by atoms with E-state index in [0.29, 0.717) is 36.0 Å². The topological polar surface area (TPSA) is 76.7 Å². The smallest absolute Gasteiger partial charge is 0.246 e. The van der Waals surface area contributed by atoms with Gasteiger partial charge in [-0.25, -0.2) is 0 Å². The van der Waals surface area contributed by atoms with E-state index in [2.05, 4.69) is 22.8 Å². The maximum Gasteiger partial charge on any atom is 0.246 e. The van der Waals surface area contributed by atoms with Gasteiger partial charge in [-0.1, -0.05) is 48.0 Å². The number of rotatable bonds is 5. The maximum absolute atomic E-state index is 11.6. The molecule has 7 heteroatoms. The van der Waals surface area contributed by atoms with Crippen molar-refractivity contribution in [2.75, 3.05) is 13.2 Å². The molecule has 1 unspecified atom stereocenters. The molecule has 168 valence electrons. The molecule has 2 aromatic carbocycles. The Balaban J connectivity index is 1.23. The van der Waals surface area contributed by atoms with Crippen molar-refractivity contribution in [1.29, 1.82) is 0 Å². The molecule has 0 aromatic heterocycles. The summed E-state index contributed by atoms with van der Waals surface area (Å²) >= 11 is 6.49. The van der Waals surface area contributed by atoms with Gasteiger partial charge in [-0.15, -0.1) is 0 Å². The summed E-state index contributed by atoms with van der Waals surface area (Å²) in [4.78, 5) is 23.0. The zero-order chi connectivity index (χ0) is 22.8. The third-order valence-electron chi connectivity index (χ3n) is 5.73. The molecule has 1 aliphatic carbocycles. The van der Waals surface area contributed by atoms with Gasteiger partial charge >= 0.3 is 0 Å². The van der Waals surface area contributed by atoms with Crippen LogP contribution in [0.1, 0.15) is 24.0 Å². The Morgan fingerprint density at radius 1 is 1.12 bits per heavy atom. The molecular weight excluding hydrogens is 440 g/mol. The molecule has 2 fully saturated rings. The number of carbonyl (C=O) groups is 2. The minimum absolute atomic E-state index is 0.0126. The number of hydrogen-bond donors (Lipinski definition) is 2. The fraction of sp³-hybridized carbons (Fsp3) is 0.231. The Bertz CT molecular complexity index is 1200. The summed E-state index contributed by atoms with van der Waals surface area (Å²) in [5.41, 5.74) is 5.15. The summed E-state index contributed by atoms with van der Waals surface area (Å²) in [6.07, 6.45) is 8.08. The van der Waals surface area contributed by atoms with Crippen molar-refractivity contribution in [2.24, 2.45) is 0 Å². The summed E-state index contributed by atoms with van der Waals surface area (Å²) in [5, 5.41) is 6.33. The van der Waals surface area contributed by atoms with Gasteiger partial charge in [0.1, 0.15) is 18.1 Å². The van der Waals surface area contributed by atoms with Crippen molar-refractivity contribution < 1.29 is 19.1 Å². The molecule has 2 amide bonds. The van der Waals surface area contributed by atoms with Crippen LogP contribution in [0, 0.1) is 0 Å². The van der Waals surface area contributed by atoms with Gasteiger partial charge in [0.2, 0.25) is 11.8 Å². The van der Waals surface area contributed by atoms with Gasteiger partial charge in [-0.2, -0.15) is 0 Å². The molecule has 3 aliphatic rings. The number of fused-ring (bicyclic) bond motifs is 1. The molecule has 2 N–H and O–H groups in total. The van der Waals surface area contributed by atoms with Gasteiger partial charge in [-0.3, -0.25) is 9.59 Å². The number of ether oxygens (including phenoxy) is 2. The Labute approximate surface area is 196 Å². The molecule has 2 aromatic rings. The van der Waals surface area contributed by atoms with Crippen molar-refractivity contribution in [2.45, 2.75) is 25.3 Å². The van der Waals surface area contributed by atoms with Crippen LogP contribution in [0.4, 0.5) is 0 Å². The van der Waals surface area contributed by atoms with Crippen molar-refractivity contribution in [1.82, 2.24) is 10.6 Å². The number of halogens is 1. The zero-order valence-electron chi connectivity index (χ0n) is 17.9. The summed E-state index contributed by atoms with van der Waals surface area (Å²) in [7, 11) is 0. The molecule has 6 nitrogen and oxygen atoms in total. The molecule has 33 heavy (non-hydrogen) atoms. The fourth-order valence-electron chi connectivity index (χ4n) is 4.18. The van der Waals surface area contributed by atoms with E-state index in [9.17, 15) is 9.59 Å². The van der Waals surface area contributed by atoms with E-state index in [0.717, 1.165) is 34.4 Å². The maximum atomic E-state index is 11.6. The Morgan fingerprint density at radius 3 is 2.76 bits per heavy atom. The number of nitrogens with one attached hydrogen (secondary N) is 2. The number of morpholine rings is 1. The van der Waals surface area contributed by atoms with Crippen molar-refractivity contribution >= 4 is 29.5 Å². The van der Waals surface area contributed by atoms with E-state index < -0.39 is 0 Å². The zero-order valence-corrected chi connectivity index (χ0v) is 18.7. The van der Waals surface area contributed by atoms with E-state index in [1.165, 1.54) is 0 Å². The lowest BCUT2D eigenvalue weighted by Gasteiger charge is -2.23. The highest BCUT2D eigenvalue weighted by Gasteiger charge is 2.23. The number of allylic oxidation sites excluding steroid dienone is 4. The van der Waals surface area contributed by atoms with Crippen molar-refractivity contribution in [3.8, 4) is 11.5 Å². The molecule has 1 atom stereocenters. The summed E-state index contributed by atoms with van der Waals surface area (Å²) in [6, 6.07) is 13.4. The van der Waals surface area contributed by atoms with Crippen LogP contribution in [0.5, 0.6) is 11.5 Å². The summed E-state index contributed by atoms with van der Waals surface area (Å²) < 4.78 is 11.3. The molecule has 0 bridgehead atoms. The molecule has 0 spiro atoms. The van der Waals surface area contributed by atoms with E-state index in [-0.39, 0.29) is 24.5 Å². The average Bonchev–Trinajstić information content (AvgIpc) is 3.16. The van der Waals surface area contributed by atoms with Crippen LogP contribution in [0.15, 0.2) is 71.5 Å². The fourth-order valence-corrected chi connectivity index (χ4v) is 4.41. The summed E-state index contributed by atoms with van der Waals surface area (Å²) in [5.74, 6) is 1.23. The van der Waals surface area contributed by atoms with E-state index in [1.54, 1.807) is 0 Å². The largest absolute Gasteiger partial charge is 0.456 e. The van der Waals surface area contributed by atoms with Gasteiger partial charge in [0.25, 0.3) is 0 Å². The number of amides is 2. The number of carbonyl (C=O) groups excluding carboxylic acids is 2. The standard InChI is InChI=1S/C26H23ClN2O4/c27-22-12-18(9-17-3-7-23-19(10-17)13-25(30)29-23)4-8-24(22)33-21-5-1-16(2-6-21)11-20-14-32-15-26(31)28-20/h1-2,4-10,12,20H,3,11,13-15H2,(H,28,31)(H,29,30)/b17-9+. The van der Waals surface area contributed by atoms with Gasteiger partial charge in [0.15, 0.2) is 0 Å². The van der Waals surface area contributed by atoms with Gasteiger partial charge < -0.3 is 20.1 Å².